The topological polar surface area (TPSA) is 79.5 Å². The van der Waals surface area contributed by atoms with Crippen molar-refractivity contribution in [3.8, 4) is 5.75 Å². The number of hydrogen-bond donors (Lipinski definition) is 3. The fraction of sp³-hybridized carbons (Fsp3) is 0.276. The molecule has 194 valence electrons. The van der Waals surface area contributed by atoms with Crippen LogP contribution in [0.1, 0.15) is 66.8 Å². The Morgan fingerprint density at radius 2 is 1.54 bits per heavy atom. The molecule has 3 rings (SSSR count). The van der Waals surface area contributed by atoms with Crippen molar-refractivity contribution in [1.29, 1.82) is 0 Å². The van der Waals surface area contributed by atoms with E-state index in [-0.39, 0.29) is 22.3 Å². The lowest BCUT2D eigenvalue weighted by Crippen LogP contribution is -2.34. The first kappa shape index (κ1) is 28.3. The number of carbonyl (C=O) groups is 2. The van der Waals surface area contributed by atoms with Crippen molar-refractivity contribution in [1.82, 2.24) is 5.32 Å². The molecular weight excluding hydrogens is 550 g/mol. The standard InChI is InChI=1S/C29H32BrN3O3S/c1-5-6-16-36-25-15-12-20(17-24(25)30)27(35)33-28(37)32-23-9-7-8-22(18-23)31-26(34)19-10-13-21(14-11-19)29(2,3)4/h7-15,17-18H,5-6,16H2,1-4H3,(H,31,34)(H2,32,33,35,37). The molecule has 8 heteroatoms. The van der Waals surface area contributed by atoms with E-state index in [9.17, 15) is 9.59 Å². The quantitative estimate of drug-likeness (QED) is 0.192. The molecule has 0 unspecified atom stereocenters. The molecule has 6 nitrogen and oxygen atoms in total. The number of rotatable bonds is 8. The molecule has 0 aliphatic heterocycles. The Morgan fingerprint density at radius 3 is 2.16 bits per heavy atom. The summed E-state index contributed by atoms with van der Waals surface area (Å²) in [4.78, 5) is 25.4. The monoisotopic (exact) mass is 581 g/mol. The van der Waals surface area contributed by atoms with E-state index < -0.39 is 0 Å². The number of anilines is 2. The summed E-state index contributed by atoms with van der Waals surface area (Å²) in [5.74, 6) is 0.136. The summed E-state index contributed by atoms with van der Waals surface area (Å²) in [5, 5.41) is 8.72. The van der Waals surface area contributed by atoms with Gasteiger partial charge in [0.25, 0.3) is 11.8 Å². The predicted octanol–water partition coefficient (Wildman–Crippen LogP) is 7.30. The largest absolute Gasteiger partial charge is 0.492 e. The Bertz CT molecular complexity index is 1270. The molecule has 3 aromatic rings. The van der Waals surface area contributed by atoms with Crippen LogP contribution >= 0.6 is 28.1 Å². The summed E-state index contributed by atoms with van der Waals surface area (Å²) < 4.78 is 6.41. The van der Waals surface area contributed by atoms with Crippen molar-refractivity contribution < 1.29 is 14.3 Å². The number of unbranched alkanes of at least 4 members (excludes halogenated alkanes) is 1. The van der Waals surface area contributed by atoms with Crippen LogP contribution < -0.4 is 20.7 Å². The Hall–Kier alpha value is -3.23. The summed E-state index contributed by atoms with van der Waals surface area (Å²) >= 11 is 8.78. The maximum atomic E-state index is 12.7. The van der Waals surface area contributed by atoms with Crippen LogP contribution in [0.3, 0.4) is 0 Å². The minimum atomic E-state index is -0.346. The maximum absolute atomic E-state index is 12.7. The van der Waals surface area contributed by atoms with Crippen molar-refractivity contribution in [2.75, 3.05) is 17.2 Å². The molecule has 0 aromatic heterocycles. The molecule has 37 heavy (non-hydrogen) atoms. The van der Waals surface area contributed by atoms with Gasteiger partial charge in [-0.3, -0.25) is 14.9 Å². The number of carbonyl (C=O) groups excluding carboxylic acids is 2. The molecule has 0 radical (unpaired) electrons. The third kappa shape index (κ3) is 8.40. The van der Waals surface area contributed by atoms with E-state index in [0.717, 1.165) is 18.4 Å². The molecule has 0 aliphatic rings. The van der Waals surface area contributed by atoms with Gasteiger partial charge in [0.2, 0.25) is 0 Å². The fourth-order valence-electron chi connectivity index (χ4n) is 3.42. The lowest BCUT2D eigenvalue weighted by atomic mass is 9.87. The number of nitrogens with one attached hydrogen (secondary N) is 3. The van der Waals surface area contributed by atoms with E-state index in [1.165, 1.54) is 0 Å². The number of hydrogen-bond acceptors (Lipinski definition) is 4. The van der Waals surface area contributed by atoms with Crippen LogP contribution in [0.5, 0.6) is 5.75 Å². The molecular formula is C29H32BrN3O3S. The highest BCUT2D eigenvalue weighted by Gasteiger charge is 2.15. The van der Waals surface area contributed by atoms with Gasteiger partial charge in [0.15, 0.2) is 5.11 Å². The average Bonchev–Trinajstić information content (AvgIpc) is 2.84. The van der Waals surface area contributed by atoms with Crippen LogP contribution in [0, 0.1) is 0 Å². The molecule has 0 saturated carbocycles. The van der Waals surface area contributed by atoms with Gasteiger partial charge >= 0.3 is 0 Å². The number of thiocarbonyl (C=S) groups is 1. The van der Waals surface area contributed by atoms with E-state index in [0.29, 0.717) is 39.3 Å². The first-order valence-electron chi connectivity index (χ1n) is 12.1. The van der Waals surface area contributed by atoms with Gasteiger partial charge < -0.3 is 15.4 Å². The molecule has 0 fully saturated rings. The zero-order chi connectivity index (χ0) is 27.0. The SMILES string of the molecule is CCCCOc1ccc(C(=O)NC(=S)Nc2cccc(NC(=O)c3ccc(C(C)(C)C)cc3)c2)cc1Br. The zero-order valence-electron chi connectivity index (χ0n) is 21.5. The Morgan fingerprint density at radius 1 is 0.892 bits per heavy atom. The minimum Gasteiger partial charge on any atom is -0.492 e. The summed E-state index contributed by atoms with van der Waals surface area (Å²) in [6.45, 7) is 9.12. The van der Waals surface area contributed by atoms with Crippen molar-refractivity contribution in [3.05, 3.63) is 87.9 Å². The molecule has 3 N–H and O–H groups in total. The summed E-state index contributed by atoms with van der Waals surface area (Å²) in [6, 6.07) is 19.9. The van der Waals surface area contributed by atoms with Crippen molar-refractivity contribution in [2.45, 2.75) is 46.0 Å². The van der Waals surface area contributed by atoms with Gasteiger partial charge in [-0.25, -0.2) is 0 Å². The van der Waals surface area contributed by atoms with Crippen molar-refractivity contribution >= 4 is 56.4 Å². The van der Waals surface area contributed by atoms with E-state index >= 15 is 0 Å². The highest BCUT2D eigenvalue weighted by Crippen LogP contribution is 2.26. The first-order valence-corrected chi connectivity index (χ1v) is 13.3. The van der Waals surface area contributed by atoms with Crippen LogP contribution in [0.2, 0.25) is 0 Å². The van der Waals surface area contributed by atoms with Gasteiger partial charge in [0, 0.05) is 22.5 Å². The van der Waals surface area contributed by atoms with Gasteiger partial charge in [-0.15, -0.1) is 0 Å². The third-order valence-corrected chi connectivity index (χ3v) is 6.39. The normalized spacial score (nSPS) is 10.9. The second kappa shape index (κ2) is 12.8. The second-order valence-electron chi connectivity index (χ2n) is 9.62. The molecule has 0 spiro atoms. The second-order valence-corrected chi connectivity index (χ2v) is 10.9. The number of amides is 2. The van der Waals surface area contributed by atoms with Gasteiger partial charge in [-0.05, 0) is 94.1 Å². The Kier molecular flexibility index (Phi) is 9.83. The number of ether oxygens (including phenoxy) is 1. The molecule has 0 saturated heterocycles. The van der Waals surface area contributed by atoms with E-state index in [1.807, 2.05) is 24.3 Å². The van der Waals surface area contributed by atoms with Gasteiger partial charge in [-0.1, -0.05) is 52.3 Å². The van der Waals surface area contributed by atoms with Crippen LogP contribution in [-0.4, -0.2) is 23.5 Å². The van der Waals surface area contributed by atoms with Crippen molar-refractivity contribution in [3.63, 3.8) is 0 Å². The summed E-state index contributed by atoms with van der Waals surface area (Å²) in [6.07, 6.45) is 2.01. The van der Waals surface area contributed by atoms with E-state index in [2.05, 4.69) is 59.6 Å². The lowest BCUT2D eigenvalue weighted by molar-refractivity contribution is 0.0976. The molecule has 0 atom stereocenters. The van der Waals surface area contributed by atoms with Gasteiger partial charge in [0.1, 0.15) is 5.75 Å². The highest BCUT2D eigenvalue weighted by atomic mass is 79.9. The van der Waals surface area contributed by atoms with Crippen LogP contribution in [-0.2, 0) is 5.41 Å². The van der Waals surface area contributed by atoms with Gasteiger partial charge in [-0.2, -0.15) is 0 Å². The Labute approximate surface area is 232 Å². The molecule has 2 amide bonds. The molecule has 3 aromatic carbocycles. The number of benzene rings is 3. The highest BCUT2D eigenvalue weighted by molar-refractivity contribution is 9.10. The zero-order valence-corrected chi connectivity index (χ0v) is 23.9. The van der Waals surface area contributed by atoms with Crippen LogP contribution in [0.15, 0.2) is 71.2 Å². The van der Waals surface area contributed by atoms with Gasteiger partial charge in [0.05, 0.1) is 11.1 Å². The fourth-order valence-corrected chi connectivity index (χ4v) is 4.13. The first-order chi connectivity index (χ1) is 17.6. The Balaban J connectivity index is 1.57. The van der Waals surface area contributed by atoms with Crippen LogP contribution in [0.4, 0.5) is 11.4 Å². The average molecular weight is 583 g/mol. The summed E-state index contributed by atoms with van der Waals surface area (Å²) in [5.41, 5.74) is 3.43. The summed E-state index contributed by atoms with van der Waals surface area (Å²) in [7, 11) is 0. The third-order valence-electron chi connectivity index (χ3n) is 5.57. The van der Waals surface area contributed by atoms with E-state index in [4.69, 9.17) is 17.0 Å². The molecule has 0 heterocycles. The predicted molar refractivity (Wildman–Crippen MR) is 158 cm³/mol. The van der Waals surface area contributed by atoms with E-state index in [1.54, 1.807) is 42.5 Å². The lowest BCUT2D eigenvalue weighted by Gasteiger charge is -2.19. The minimum absolute atomic E-state index is 0.0193. The molecule has 0 aliphatic carbocycles. The smallest absolute Gasteiger partial charge is 0.257 e. The molecule has 0 bridgehead atoms. The van der Waals surface area contributed by atoms with Crippen LogP contribution in [0.25, 0.3) is 0 Å². The van der Waals surface area contributed by atoms with Crippen molar-refractivity contribution in [2.24, 2.45) is 0 Å². The number of halogens is 1. The maximum Gasteiger partial charge on any atom is 0.257 e.